The van der Waals surface area contributed by atoms with Crippen LogP contribution >= 0.6 is 0 Å². The highest BCUT2D eigenvalue weighted by Crippen LogP contribution is 2.35. The summed E-state index contributed by atoms with van der Waals surface area (Å²) in [6.07, 6.45) is 1.67. The summed E-state index contributed by atoms with van der Waals surface area (Å²) in [6, 6.07) is 20.0. The monoisotopic (exact) mass is 359 g/mol. The molecule has 6 heteroatoms. The number of nitrogens with one attached hydrogen (secondary N) is 1. The van der Waals surface area contributed by atoms with Crippen LogP contribution in [0.5, 0.6) is 23.1 Å². The van der Waals surface area contributed by atoms with Crippen molar-refractivity contribution in [3.63, 3.8) is 0 Å². The summed E-state index contributed by atoms with van der Waals surface area (Å²) in [5.41, 5.74) is 2.66. The number of para-hydroxylation sites is 1. The number of aromatic hydroxyl groups is 1. The lowest BCUT2D eigenvalue weighted by Gasteiger charge is -2.08. The Balaban J connectivity index is 1.70. The van der Waals surface area contributed by atoms with E-state index in [0.29, 0.717) is 28.6 Å². The van der Waals surface area contributed by atoms with Crippen LogP contribution in [0.1, 0.15) is 0 Å². The van der Waals surface area contributed by atoms with Gasteiger partial charge in [-0.15, -0.1) is 0 Å². The lowest BCUT2D eigenvalue weighted by atomic mass is 10.1. The highest BCUT2D eigenvalue weighted by molar-refractivity contribution is 5.74. The van der Waals surface area contributed by atoms with E-state index in [-0.39, 0.29) is 5.75 Å². The second-order valence-corrected chi connectivity index (χ2v) is 5.82. The molecule has 0 saturated carbocycles. The Hall–Kier alpha value is -3.80. The van der Waals surface area contributed by atoms with Crippen LogP contribution < -0.4 is 9.47 Å². The number of nitrogens with zero attached hydrogens (tertiary/aromatic N) is 2. The van der Waals surface area contributed by atoms with Crippen LogP contribution in [0.15, 0.2) is 72.9 Å². The average Bonchev–Trinajstić information content (AvgIpc) is 3.19. The number of aromatic nitrogens is 3. The molecule has 0 aliphatic rings. The van der Waals surface area contributed by atoms with E-state index < -0.39 is 0 Å². The van der Waals surface area contributed by atoms with Gasteiger partial charge < -0.3 is 14.6 Å². The third-order valence-electron chi connectivity index (χ3n) is 4.08. The molecule has 4 rings (SSSR count). The lowest BCUT2D eigenvalue weighted by Crippen LogP contribution is -1.91. The van der Waals surface area contributed by atoms with Gasteiger partial charge in [-0.05, 0) is 48.5 Å². The van der Waals surface area contributed by atoms with E-state index >= 15 is 0 Å². The molecular weight excluding hydrogens is 342 g/mol. The maximum absolute atomic E-state index is 10.2. The van der Waals surface area contributed by atoms with E-state index in [0.717, 1.165) is 11.3 Å². The molecule has 0 saturated heterocycles. The van der Waals surface area contributed by atoms with E-state index in [1.54, 1.807) is 31.5 Å². The number of ether oxygens (including phenoxy) is 2. The summed E-state index contributed by atoms with van der Waals surface area (Å²) in [5.74, 6) is 1.93. The Kier molecular flexibility index (Phi) is 4.45. The van der Waals surface area contributed by atoms with Crippen LogP contribution in [-0.2, 0) is 0 Å². The zero-order chi connectivity index (χ0) is 18.6. The summed E-state index contributed by atoms with van der Waals surface area (Å²) >= 11 is 0. The molecule has 0 bridgehead atoms. The molecule has 134 valence electrons. The van der Waals surface area contributed by atoms with Crippen molar-refractivity contribution in [3.8, 4) is 45.6 Å². The van der Waals surface area contributed by atoms with Gasteiger partial charge in [0.05, 0.1) is 24.1 Å². The van der Waals surface area contributed by atoms with Crippen LogP contribution in [0.2, 0.25) is 0 Å². The number of aromatic amines is 1. The van der Waals surface area contributed by atoms with E-state index in [1.807, 2.05) is 48.5 Å². The predicted octanol–water partition coefficient (Wildman–Crippen LogP) is 4.65. The maximum Gasteiger partial charge on any atom is 0.228 e. The van der Waals surface area contributed by atoms with Crippen molar-refractivity contribution in [2.75, 3.05) is 7.11 Å². The van der Waals surface area contributed by atoms with E-state index in [1.165, 1.54) is 0 Å². The largest absolute Gasteiger partial charge is 0.507 e. The molecule has 0 aliphatic carbocycles. The number of pyridine rings is 1. The second-order valence-electron chi connectivity index (χ2n) is 5.82. The molecule has 0 aliphatic heterocycles. The van der Waals surface area contributed by atoms with Crippen molar-refractivity contribution in [1.82, 2.24) is 15.2 Å². The minimum atomic E-state index is 0.126. The molecular formula is C21H17N3O3. The van der Waals surface area contributed by atoms with Gasteiger partial charge in [-0.25, -0.2) is 4.98 Å². The number of methoxy groups -OCH3 is 1. The van der Waals surface area contributed by atoms with Gasteiger partial charge in [0.1, 0.15) is 17.2 Å². The SMILES string of the molecule is COc1ccc(O)c(-c2cc(-c3cccnc3Oc3ccccc3)[nH]n2)c1. The number of H-pyrrole nitrogens is 1. The predicted molar refractivity (Wildman–Crippen MR) is 102 cm³/mol. The fourth-order valence-corrected chi connectivity index (χ4v) is 2.72. The fourth-order valence-electron chi connectivity index (χ4n) is 2.72. The normalized spacial score (nSPS) is 10.6. The van der Waals surface area contributed by atoms with Gasteiger partial charge in [-0.3, -0.25) is 5.10 Å². The molecule has 2 aromatic carbocycles. The van der Waals surface area contributed by atoms with Crippen LogP contribution in [-0.4, -0.2) is 27.4 Å². The van der Waals surface area contributed by atoms with E-state index in [4.69, 9.17) is 9.47 Å². The van der Waals surface area contributed by atoms with E-state index in [2.05, 4.69) is 15.2 Å². The van der Waals surface area contributed by atoms with Crippen molar-refractivity contribution in [1.29, 1.82) is 0 Å². The molecule has 2 aromatic heterocycles. The molecule has 6 nitrogen and oxygen atoms in total. The number of hydrogen-bond donors (Lipinski definition) is 2. The first-order valence-corrected chi connectivity index (χ1v) is 8.35. The summed E-state index contributed by atoms with van der Waals surface area (Å²) in [6.45, 7) is 0. The number of phenolic OH excluding ortho intramolecular Hbond substituents is 1. The standard InChI is InChI=1S/C21H17N3O3/c1-26-15-9-10-20(25)17(12-15)19-13-18(23-24-19)16-8-5-11-22-21(16)27-14-6-3-2-4-7-14/h2-13,25H,1H3,(H,23,24). The molecule has 0 amide bonds. The number of hydrogen-bond acceptors (Lipinski definition) is 5. The summed E-state index contributed by atoms with van der Waals surface area (Å²) in [5, 5.41) is 17.5. The Morgan fingerprint density at radius 3 is 2.56 bits per heavy atom. The maximum atomic E-state index is 10.2. The minimum Gasteiger partial charge on any atom is -0.507 e. The molecule has 2 heterocycles. The Bertz CT molecular complexity index is 1060. The summed E-state index contributed by atoms with van der Waals surface area (Å²) in [4.78, 5) is 4.34. The smallest absolute Gasteiger partial charge is 0.228 e. The highest BCUT2D eigenvalue weighted by atomic mass is 16.5. The quantitative estimate of drug-likeness (QED) is 0.542. The highest BCUT2D eigenvalue weighted by Gasteiger charge is 2.14. The van der Waals surface area contributed by atoms with E-state index in [9.17, 15) is 5.11 Å². The minimum absolute atomic E-state index is 0.126. The Labute approximate surface area is 156 Å². The van der Waals surface area contributed by atoms with Gasteiger partial charge in [0, 0.05) is 11.8 Å². The van der Waals surface area contributed by atoms with Crippen molar-refractivity contribution in [3.05, 3.63) is 72.9 Å². The van der Waals surface area contributed by atoms with Crippen molar-refractivity contribution < 1.29 is 14.6 Å². The molecule has 0 spiro atoms. The molecule has 0 fully saturated rings. The first-order chi connectivity index (χ1) is 13.2. The molecule has 0 atom stereocenters. The molecule has 0 unspecified atom stereocenters. The summed E-state index contributed by atoms with van der Waals surface area (Å²) in [7, 11) is 1.58. The van der Waals surface area contributed by atoms with Crippen molar-refractivity contribution in [2.45, 2.75) is 0 Å². The van der Waals surface area contributed by atoms with Crippen molar-refractivity contribution >= 4 is 0 Å². The molecule has 2 N–H and O–H groups in total. The zero-order valence-electron chi connectivity index (χ0n) is 14.6. The van der Waals surface area contributed by atoms with Gasteiger partial charge in [-0.1, -0.05) is 18.2 Å². The third kappa shape index (κ3) is 3.46. The fraction of sp³-hybridized carbons (Fsp3) is 0.0476. The lowest BCUT2D eigenvalue weighted by molar-refractivity contribution is 0.412. The molecule has 27 heavy (non-hydrogen) atoms. The number of phenols is 1. The summed E-state index contributed by atoms with van der Waals surface area (Å²) < 4.78 is 11.1. The third-order valence-corrected chi connectivity index (χ3v) is 4.08. The first kappa shape index (κ1) is 16.7. The van der Waals surface area contributed by atoms with Gasteiger partial charge in [0.15, 0.2) is 0 Å². The first-order valence-electron chi connectivity index (χ1n) is 8.35. The van der Waals surface area contributed by atoms with Gasteiger partial charge >= 0.3 is 0 Å². The number of benzene rings is 2. The zero-order valence-corrected chi connectivity index (χ0v) is 14.6. The van der Waals surface area contributed by atoms with Gasteiger partial charge in [0.25, 0.3) is 0 Å². The van der Waals surface area contributed by atoms with Gasteiger partial charge in [0.2, 0.25) is 5.88 Å². The van der Waals surface area contributed by atoms with Crippen LogP contribution in [0.25, 0.3) is 22.5 Å². The molecule has 0 radical (unpaired) electrons. The topological polar surface area (TPSA) is 80.3 Å². The Morgan fingerprint density at radius 1 is 0.889 bits per heavy atom. The Morgan fingerprint density at radius 2 is 1.74 bits per heavy atom. The van der Waals surface area contributed by atoms with Crippen LogP contribution in [0.4, 0.5) is 0 Å². The molecule has 4 aromatic rings. The number of rotatable bonds is 5. The van der Waals surface area contributed by atoms with Crippen LogP contribution in [0, 0.1) is 0 Å². The second kappa shape index (κ2) is 7.21. The van der Waals surface area contributed by atoms with Gasteiger partial charge in [-0.2, -0.15) is 5.10 Å². The van der Waals surface area contributed by atoms with Crippen molar-refractivity contribution in [2.24, 2.45) is 0 Å². The average molecular weight is 359 g/mol. The van der Waals surface area contributed by atoms with Crippen LogP contribution in [0.3, 0.4) is 0 Å².